The second kappa shape index (κ2) is 7.09. The summed E-state index contributed by atoms with van der Waals surface area (Å²) in [6.45, 7) is 6.80. The number of methoxy groups -OCH3 is 1. The van der Waals surface area contributed by atoms with Crippen molar-refractivity contribution in [3.8, 4) is 5.75 Å². The first-order chi connectivity index (χ1) is 8.24. The standard InChI is InChI=1S/C14H21NO2/c1-4-12-8-11(6-7-14(12)17-3)9-13(10-16)15-5-2/h4,6-8,13,15-16H,1,5,9-10H2,2-3H3. The van der Waals surface area contributed by atoms with Crippen LogP contribution in [0.1, 0.15) is 18.1 Å². The summed E-state index contributed by atoms with van der Waals surface area (Å²) in [7, 11) is 1.65. The predicted octanol–water partition coefficient (Wildman–Crippen LogP) is 1.85. The summed E-state index contributed by atoms with van der Waals surface area (Å²) >= 11 is 0. The van der Waals surface area contributed by atoms with E-state index in [2.05, 4.69) is 11.9 Å². The molecule has 0 aliphatic heterocycles. The first-order valence-electron chi connectivity index (χ1n) is 5.88. The van der Waals surface area contributed by atoms with E-state index in [-0.39, 0.29) is 12.6 Å². The Hall–Kier alpha value is -1.32. The van der Waals surface area contributed by atoms with Gasteiger partial charge in [0.25, 0.3) is 0 Å². The highest BCUT2D eigenvalue weighted by atomic mass is 16.5. The number of nitrogens with one attached hydrogen (secondary N) is 1. The smallest absolute Gasteiger partial charge is 0.126 e. The monoisotopic (exact) mass is 235 g/mol. The maximum Gasteiger partial charge on any atom is 0.126 e. The molecule has 94 valence electrons. The first kappa shape index (κ1) is 13.7. The predicted molar refractivity (Wildman–Crippen MR) is 71.3 cm³/mol. The van der Waals surface area contributed by atoms with Crippen LogP contribution in [0.5, 0.6) is 5.75 Å². The van der Waals surface area contributed by atoms with Gasteiger partial charge in [0.2, 0.25) is 0 Å². The third kappa shape index (κ3) is 3.88. The third-order valence-electron chi connectivity index (χ3n) is 2.71. The summed E-state index contributed by atoms with van der Waals surface area (Å²) in [6.07, 6.45) is 2.58. The molecular weight excluding hydrogens is 214 g/mol. The van der Waals surface area contributed by atoms with Crippen molar-refractivity contribution in [1.82, 2.24) is 5.32 Å². The van der Waals surface area contributed by atoms with Crippen molar-refractivity contribution in [1.29, 1.82) is 0 Å². The Morgan fingerprint density at radius 1 is 1.53 bits per heavy atom. The maximum atomic E-state index is 9.24. The van der Waals surface area contributed by atoms with Crippen molar-refractivity contribution in [2.24, 2.45) is 0 Å². The van der Waals surface area contributed by atoms with E-state index in [0.29, 0.717) is 0 Å². The fourth-order valence-electron chi connectivity index (χ4n) is 1.84. The van der Waals surface area contributed by atoms with Crippen molar-refractivity contribution in [2.45, 2.75) is 19.4 Å². The highest BCUT2D eigenvalue weighted by Gasteiger charge is 2.08. The van der Waals surface area contributed by atoms with E-state index in [1.54, 1.807) is 13.2 Å². The quantitative estimate of drug-likeness (QED) is 0.758. The number of likely N-dealkylation sites (N-methyl/N-ethyl adjacent to an activating group) is 1. The molecule has 0 bridgehead atoms. The van der Waals surface area contributed by atoms with Crippen molar-refractivity contribution in [3.05, 3.63) is 35.9 Å². The van der Waals surface area contributed by atoms with Crippen LogP contribution in [0.3, 0.4) is 0 Å². The van der Waals surface area contributed by atoms with E-state index in [1.807, 2.05) is 25.1 Å². The minimum absolute atomic E-state index is 0.103. The van der Waals surface area contributed by atoms with Crippen LogP contribution < -0.4 is 10.1 Å². The maximum absolute atomic E-state index is 9.24. The van der Waals surface area contributed by atoms with Crippen LogP contribution in [0.4, 0.5) is 0 Å². The van der Waals surface area contributed by atoms with Crippen LogP contribution in [-0.4, -0.2) is 31.4 Å². The zero-order valence-electron chi connectivity index (χ0n) is 10.6. The van der Waals surface area contributed by atoms with Gasteiger partial charge >= 0.3 is 0 Å². The summed E-state index contributed by atoms with van der Waals surface area (Å²) < 4.78 is 5.23. The van der Waals surface area contributed by atoms with Crippen molar-refractivity contribution >= 4 is 6.08 Å². The molecule has 0 saturated heterocycles. The number of aliphatic hydroxyl groups excluding tert-OH is 1. The van der Waals surface area contributed by atoms with Crippen LogP contribution in [0.15, 0.2) is 24.8 Å². The lowest BCUT2D eigenvalue weighted by Gasteiger charge is -2.16. The second-order valence-electron chi connectivity index (χ2n) is 3.92. The van der Waals surface area contributed by atoms with Crippen LogP contribution in [0.25, 0.3) is 6.08 Å². The van der Waals surface area contributed by atoms with Gasteiger partial charge in [-0.1, -0.05) is 25.6 Å². The molecule has 0 saturated carbocycles. The molecule has 3 heteroatoms. The number of rotatable bonds is 7. The first-order valence-corrected chi connectivity index (χ1v) is 5.88. The van der Waals surface area contributed by atoms with Gasteiger partial charge in [-0.25, -0.2) is 0 Å². The lowest BCUT2D eigenvalue weighted by molar-refractivity contribution is 0.243. The average Bonchev–Trinajstić information content (AvgIpc) is 2.38. The molecule has 2 N–H and O–H groups in total. The second-order valence-corrected chi connectivity index (χ2v) is 3.92. The molecule has 0 spiro atoms. The molecule has 0 aromatic heterocycles. The van der Waals surface area contributed by atoms with Gasteiger partial charge in [-0.15, -0.1) is 0 Å². The van der Waals surface area contributed by atoms with Crippen LogP contribution in [-0.2, 0) is 6.42 Å². The number of benzene rings is 1. The van der Waals surface area contributed by atoms with Gasteiger partial charge in [0.1, 0.15) is 5.75 Å². The Morgan fingerprint density at radius 3 is 2.82 bits per heavy atom. The molecule has 1 unspecified atom stereocenters. The van der Waals surface area contributed by atoms with Crippen LogP contribution in [0, 0.1) is 0 Å². The Balaban J connectivity index is 2.81. The molecule has 1 aromatic carbocycles. The molecule has 17 heavy (non-hydrogen) atoms. The van der Waals surface area contributed by atoms with Gasteiger partial charge in [0, 0.05) is 11.6 Å². The molecule has 0 heterocycles. The Morgan fingerprint density at radius 2 is 2.29 bits per heavy atom. The Bertz CT molecular complexity index is 363. The highest BCUT2D eigenvalue weighted by molar-refractivity contribution is 5.56. The fourth-order valence-corrected chi connectivity index (χ4v) is 1.84. The molecule has 0 aliphatic carbocycles. The summed E-state index contributed by atoms with van der Waals surface area (Å²) in [4.78, 5) is 0. The topological polar surface area (TPSA) is 41.5 Å². The molecule has 0 radical (unpaired) electrons. The molecule has 0 aliphatic rings. The van der Waals surface area contributed by atoms with Crippen LogP contribution in [0.2, 0.25) is 0 Å². The Labute approximate surface area is 103 Å². The average molecular weight is 235 g/mol. The normalized spacial score (nSPS) is 12.2. The van der Waals surface area contributed by atoms with E-state index in [0.717, 1.165) is 24.3 Å². The summed E-state index contributed by atoms with van der Waals surface area (Å²) in [5.74, 6) is 0.827. The summed E-state index contributed by atoms with van der Waals surface area (Å²) in [6, 6.07) is 6.11. The van der Waals surface area contributed by atoms with Crippen molar-refractivity contribution < 1.29 is 9.84 Å². The van der Waals surface area contributed by atoms with E-state index in [4.69, 9.17) is 4.74 Å². The van der Waals surface area contributed by atoms with Gasteiger partial charge in [0.15, 0.2) is 0 Å². The number of ether oxygens (including phenoxy) is 1. The third-order valence-corrected chi connectivity index (χ3v) is 2.71. The molecule has 3 nitrogen and oxygen atoms in total. The minimum atomic E-state index is 0.103. The number of aliphatic hydroxyl groups is 1. The molecule has 1 rings (SSSR count). The van der Waals surface area contributed by atoms with Gasteiger partial charge in [0.05, 0.1) is 13.7 Å². The SMILES string of the molecule is C=Cc1cc(CC(CO)NCC)ccc1OC. The molecule has 1 atom stereocenters. The minimum Gasteiger partial charge on any atom is -0.496 e. The molecular formula is C14H21NO2. The zero-order valence-corrected chi connectivity index (χ0v) is 10.6. The van der Waals surface area contributed by atoms with E-state index in [9.17, 15) is 5.11 Å². The van der Waals surface area contributed by atoms with Gasteiger partial charge < -0.3 is 15.2 Å². The fraction of sp³-hybridized carbons (Fsp3) is 0.429. The summed E-state index contributed by atoms with van der Waals surface area (Å²) in [5.41, 5.74) is 2.15. The van der Waals surface area contributed by atoms with Crippen molar-refractivity contribution in [3.63, 3.8) is 0 Å². The van der Waals surface area contributed by atoms with Crippen LogP contribution >= 0.6 is 0 Å². The van der Waals surface area contributed by atoms with Crippen molar-refractivity contribution in [2.75, 3.05) is 20.3 Å². The van der Waals surface area contributed by atoms with Gasteiger partial charge in [-0.3, -0.25) is 0 Å². The molecule has 0 fully saturated rings. The van der Waals surface area contributed by atoms with Gasteiger partial charge in [-0.2, -0.15) is 0 Å². The van der Waals surface area contributed by atoms with Gasteiger partial charge in [-0.05, 0) is 30.7 Å². The Kier molecular flexibility index (Phi) is 5.73. The highest BCUT2D eigenvalue weighted by Crippen LogP contribution is 2.21. The summed E-state index contributed by atoms with van der Waals surface area (Å²) in [5, 5.41) is 12.5. The zero-order chi connectivity index (χ0) is 12.7. The number of hydrogen-bond acceptors (Lipinski definition) is 3. The van der Waals surface area contributed by atoms with E-state index < -0.39 is 0 Å². The number of hydrogen-bond donors (Lipinski definition) is 2. The van der Waals surface area contributed by atoms with E-state index in [1.165, 1.54) is 5.56 Å². The lowest BCUT2D eigenvalue weighted by Crippen LogP contribution is -2.34. The molecule has 1 aromatic rings. The van der Waals surface area contributed by atoms with E-state index >= 15 is 0 Å². The molecule has 0 amide bonds. The lowest BCUT2D eigenvalue weighted by atomic mass is 10.0. The largest absolute Gasteiger partial charge is 0.496 e.